The number of anilines is 1. The van der Waals surface area contributed by atoms with Crippen LogP contribution in [0.3, 0.4) is 0 Å². The van der Waals surface area contributed by atoms with Gasteiger partial charge in [0, 0.05) is 37.8 Å². The van der Waals surface area contributed by atoms with E-state index in [0.717, 1.165) is 45.0 Å². The average molecular weight is 491 g/mol. The lowest BCUT2D eigenvalue weighted by Crippen LogP contribution is -2.41. The number of rotatable bonds is 4. The van der Waals surface area contributed by atoms with Crippen molar-refractivity contribution in [2.24, 2.45) is 10.9 Å². The lowest BCUT2D eigenvalue weighted by atomic mass is 9.89. The van der Waals surface area contributed by atoms with Crippen LogP contribution >= 0.6 is 24.0 Å². The number of aliphatic imine (C=N–C) groups is 1. The number of fused-ring (bicyclic) bond motifs is 1. The third kappa shape index (κ3) is 4.69. The van der Waals surface area contributed by atoms with Crippen molar-refractivity contribution in [3.05, 3.63) is 65.7 Å². The number of guanidine groups is 1. The van der Waals surface area contributed by atoms with Crippen LogP contribution in [0.5, 0.6) is 0 Å². The van der Waals surface area contributed by atoms with E-state index in [1.54, 1.807) is 0 Å². The molecule has 5 heteroatoms. The molecule has 0 aliphatic carbocycles. The zero-order valence-corrected chi connectivity index (χ0v) is 18.8. The Hall–Kier alpha value is -1.60. The number of halogens is 1. The van der Waals surface area contributed by atoms with Crippen molar-refractivity contribution in [1.82, 2.24) is 5.32 Å². The monoisotopic (exact) mass is 491 g/mol. The van der Waals surface area contributed by atoms with Gasteiger partial charge >= 0.3 is 0 Å². The fourth-order valence-corrected chi connectivity index (χ4v) is 4.20. The summed E-state index contributed by atoms with van der Waals surface area (Å²) in [6, 6.07) is 19.3. The van der Waals surface area contributed by atoms with E-state index >= 15 is 0 Å². The van der Waals surface area contributed by atoms with Crippen LogP contribution in [0, 0.1) is 5.92 Å². The van der Waals surface area contributed by atoms with E-state index in [1.165, 1.54) is 23.2 Å². The second kappa shape index (κ2) is 10.3. The van der Waals surface area contributed by atoms with Crippen molar-refractivity contribution < 1.29 is 4.74 Å². The Kier molecular flexibility index (Phi) is 7.73. The van der Waals surface area contributed by atoms with E-state index in [2.05, 4.69) is 71.7 Å². The summed E-state index contributed by atoms with van der Waals surface area (Å²) in [5.74, 6) is 1.42. The molecule has 2 aromatic carbocycles. The van der Waals surface area contributed by atoms with Crippen LogP contribution in [-0.2, 0) is 11.2 Å². The minimum absolute atomic E-state index is 0. The van der Waals surface area contributed by atoms with E-state index < -0.39 is 0 Å². The van der Waals surface area contributed by atoms with Gasteiger partial charge in [-0.3, -0.25) is 4.99 Å². The Balaban J connectivity index is 0.00000225. The molecule has 2 aliphatic rings. The first-order valence-corrected chi connectivity index (χ1v) is 10.2. The summed E-state index contributed by atoms with van der Waals surface area (Å²) < 4.78 is 6.15. The Morgan fingerprint density at radius 3 is 2.75 bits per heavy atom. The smallest absolute Gasteiger partial charge is 0.198 e. The number of hydrogen-bond donors (Lipinski definition) is 1. The molecule has 0 bridgehead atoms. The summed E-state index contributed by atoms with van der Waals surface area (Å²) in [6.07, 6.45) is 3.52. The van der Waals surface area contributed by atoms with Crippen LogP contribution in [0.2, 0.25) is 0 Å². The molecule has 0 spiro atoms. The average Bonchev–Trinajstić information content (AvgIpc) is 3.16. The third-order valence-electron chi connectivity index (χ3n) is 5.53. The molecule has 4 rings (SSSR count). The molecule has 1 fully saturated rings. The molecule has 2 atom stereocenters. The van der Waals surface area contributed by atoms with Crippen LogP contribution < -0.4 is 10.2 Å². The highest BCUT2D eigenvalue weighted by Gasteiger charge is 2.28. The predicted molar refractivity (Wildman–Crippen MR) is 127 cm³/mol. The van der Waals surface area contributed by atoms with Gasteiger partial charge in [0.2, 0.25) is 0 Å². The van der Waals surface area contributed by atoms with Crippen molar-refractivity contribution in [2.45, 2.75) is 32.3 Å². The van der Waals surface area contributed by atoms with Gasteiger partial charge in [-0.1, -0.05) is 48.5 Å². The number of ether oxygens (including phenoxy) is 1. The number of para-hydroxylation sites is 1. The van der Waals surface area contributed by atoms with Crippen LogP contribution in [0.25, 0.3) is 0 Å². The quantitative estimate of drug-likeness (QED) is 0.379. The number of benzene rings is 2. The Morgan fingerprint density at radius 2 is 1.93 bits per heavy atom. The van der Waals surface area contributed by atoms with E-state index in [1.807, 2.05) is 0 Å². The van der Waals surface area contributed by atoms with Gasteiger partial charge in [0.05, 0.1) is 6.10 Å². The van der Waals surface area contributed by atoms with Gasteiger partial charge in [0.25, 0.3) is 0 Å². The van der Waals surface area contributed by atoms with Crippen LogP contribution in [0.1, 0.15) is 37.0 Å². The van der Waals surface area contributed by atoms with Gasteiger partial charge in [-0.05, 0) is 43.4 Å². The summed E-state index contributed by atoms with van der Waals surface area (Å²) in [5.41, 5.74) is 3.97. The molecular weight excluding hydrogens is 461 g/mol. The normalized spacial score (nSPS) is 21.8. The molecule has 0 aromatic heterocycles. The molecule has 0 saturated carbocycles. The fraction of sp³-hybridized carbons (Fsp3) is 0.435. The molecule has 1 N–H and O–H groups in total. The molecule has 4 nitrogen and oxygen atoms in total. The molecule has 2 unspecified atom stereocenters. The highest BCUT2D eigenvalue weighted by atomic mass is 127. The molecule has 2 aromatic rings. The lowest BCUT2D eigenvalue weighted by Gasteiger charge is -2.32. The van der Waals surface area contributed by atoms with Gasteiger partial charge in [0.1, 0.15) is 0 Å². The van der Waals surface area contributed by atoms with E-state index in [-0.39, 0.29) is 30.1 Å². The van der Waals surface area contributed by atoms with Crippen LogP contribution in [0.15, 0.2) is 59.6 Å². The highest BCUT2D eigenvalue weighted by molar-refractivity contribution is 14.0. The Morgan fingerprint density at radius 1 is 1.14 bits per heavy atom. The maximum absolute atomic E-state index is 6.15. The topological polar surface area (TPSA) is 36.9 Å². The summed E-state index contributed by atoms with van der Waals surface area (Å²) in [5, 5.41) is 3.49. The van der Waals surface area contributed by atoms with Gasteiger partial charge in [0.15, 0.2) is 5.96 Å². The van der Waals surface area contributed by atoms with Gasteiger partial charge in [-0.25, -0.2) is 0 Å². The Labute approximate surface area is 185 Å². The summed E-state index contributed by atoms with van der Waals surface area (Å²) >= 11 is 0. The second-order valence-electron chi connectivity index (χ2n) is 7.33. The van der Waals surface area contributed by atoms with Gasteiger partial charge in [-0.2, -0.15) is 0 Å². The number of nitrogens with zero attached hydrogens (tertiary/aromatic N) is 2. The fourth-order valence-electron chi connectivity index (χ4n) is 4.20. The first-order chi connectivity index (χ1) is 13.4. The van der Waals surface area contributed by atoms with Crippen molar-refractivity contribution in [3.63, 3.8) is 0 Å². The maximum Gasteiger partial charge on any atom is 0.198 e. The van der Waals surface area contributed by atoms with Crippen molar-refractivity contribution in [3.8, 4) is 0 Å². The van der Waals surface area contributed by atoms with E-state index in [9.17, 15) is 0 Å². The summed E-state index contributed by atoms with van der Waals surface area (Å²) in [4.78, 5) is 7.38. The maximum atomic E-state index is 6.15. The molecule has 0 radical (unpaired) electrons. The molecule has 2 heterocycles. The zero-order chi connectivity index (χ0) is 18.5. The Bertz CT molecular complexity index is 780. The standard InChI is InChI=1S/C23H29N3O.HI/c1-2-24-23(26-15-14-18-9-6-7-13-21(18)26)25-17-20-12-8-16-27-22(20)19-10-4-3-5-11-19;/h3-7,9-11,13,20,22H,2,8,12,14-17H2,1H3,(H,24,25);1H. The summed E-state index contributed by atoms with van der Waals surface area (Å²) in [6.45, 7) is 5.64. The molecule has 150 valence electrons. The number of nitrogens with one attached hydrogen (secondary N) is 1. The lowest BCUT2D eigenvalue weighted by molar-refractivity contribution is -0.0250. The highest BCUT2D eigenvalue weighted by Crippen LogP contribution is 2.34. The van der Waals surface area contributed by atoms with Gasteiger partial charge < -0.3 is 15.0 Å². The van der Waals surface area contributed by atoms with Crippen LogP contribution in [-0.4, -0.2) is 32.2 Å². The third-order valence-corrected chi connectivity index (χ3v) is 5.53. The van der Waals surface area contributed by atoms with Crippen molar-refractivity contribution in [1.29, 1.82) is 0 Å². The molecule has 2 aliphatic heterocycles. The summed E-state index contributed by atoms with van der Waals surface area (Å²) in [7, 11) is 0. The predicted octanol–water partition coefficient (Wildman–Crippen LogP) is 4.80. The minimum atomic E-state index is 0. The van der Waals surface area contributed by atoms with Gasteiger partial charge in [-0.15, -0.1) is 24.0 Å². The molecule has 0 amide bonds. The van der Waals surface area contributed by atoms with Crippen LogP contribution in [0.4, 0.5) is 5.69 Å². The first kappa shape index (κ1) is 21.1. The second-order valence-corrected chi connectivity index (χ2v) is 7.33. The van der Waals surface area contributed by atoms with Crippen molar-refractivity contribution >= 4 is 35.6 Å². The van der Waals surface area contributed by atoms with Crippen molar-refractivity contribution in [2.75, 3.05) is 31.1 Å². The molecule has 1 saturated heterocycles. The van der Waals surface area contributed by atoms with E-state index in [4.69, 9.17) is 9.73 Å². The minimum Gasteiger partial charge on any atom is -0.373 e. The zero-order valence-electron chi connectivity index (χ0n) is 16.5. The SMILES string of the molecule is CCNC(=NCC1CCCOC1c1ccccc1)N1CCc2ccccc21.I. The largest absolute Gasteiger partial charge is 0.373 e. The molecular formula is C23H30IN3O. The first-order valence-electron chi connectivity index (χ1n) is 10.2. The number of hydrogen-bond acceptors (Lipinski definition) is 2. The molecule has 28 heavy (non-hydrogen) atoms. The van der Waals surface area contributed by atoms with E-state index in [0.29, 0.717) is 5.92 Å².